The fourth-order valence-electron chi connectivity index (χ4n) is 1.21. The second-order valence-electron chi connectivity index (χ2n) is 3.44. The number of hydrogen-bond donors (Lipinski definition) is 1. The van der Waals surface area contributed by atoms with Gasteiger partial charge in [0.25, 0.3) is 0 Å². The van der Waals surface area contributed by atoms with Gasteiger partial charge in [0.2, 0.25) is 5.91 Å². The van der Waals surface area contributed by atoms with Crippen LogP contribution in [0.15, 0.2) is 0 Å². The van der Waals surface area contributed by atoms with Crippen LogP contribution >= 0.6 is 0 Å². The van der Waals surface area contributed by atoms with E-state index < -0.39 is 0 Å². The van der Waals surface area contributed by atoms with E-state index in [-0.39, 0.29) is 11.8 Å². The number of rotatable bonds is 7. The summed E-state index contributed by atoms with van der Waals surface area (Å²) in [6.07, 6.45) is 0.748. The maximum absolute atomic E-state index is 11.6. The summed E-state index contributed by atoms with van der Waals surface area (Å²) in [6.45, 7) is 6.37. The standard InChI is InChI=1S/C10H22N2O2/c1-4-14-8-7-12(3)10(13)9(2)5-6-11/h9H,4-8,11H2,1-3H3. The molecule has 0 bridgehead atoms. The molecule has 0 aliphatic rings. The first-order chi connectivity index (χ1) is 6.63. The first-order valence-electron chi connectivity index (χ1n) is 5.16. The van der Waals surface area contributed by atoms with Crippen molar-refractivity contribution in [3.8, 4) is 0 Å². The lowest BCUT2D eigenvalue weighted by atomic mass is 10.1. The van der Waals surface area contributed by atoms with Crippen molar-refractivity contribution in [1.82, 2.24) is 4.90 Å². The van der Waals surface area contributed by atoms with Crippen molar-refractivity contribution in [2.24, 2.45) is 11.7 Å². The van der Waals surface area contributed by atoms with Crippen molar-refractivity contribution < 1.29 is 9.53 Å². The van der Waals surface area contributed by atoms with Gasteiger partial charge in [-0.2, -0.15) is 0 Å². The second kappa shape index (κ2) is 7.76. The molecule has 14 heavy (non-hydrogen) atoms. The zero-order valence-electron chi connectivity index (χ0n) is 9.45. The molecular formula is C10H22N2O2. The molecule has 0 fully saturated rings. The van der Waals surface area contributed by atoms with Gasteiger partial charge in [-0.1, -0.05) is 6.92 Å². The predicted octanol–water partition coefficient (Wildman–Crippen LogP) is 0.466. The molecule has 0 aliphatic carbocycles. The first kappa shape index (κ1) is 13.4. The van der Waals surface area contributed by atoms with Crippen LogP contribution in [-0.2, 0) is 9.53 Å². The minimum atomic E-state index is 0.0200. The number of carbonyl (C=O) groups excluding carboxylic acids is 1. The smallest absolute Gasteiger partial charge is 0.225 e. The molecule has 2 N–H and O–H groups in total. The van der Waals surface area contributed by atoms with Crippen LogP contribution in [-0.4, -0.2) is 44.2 Å². The summed E-state index contributed by atoms with van der Waals surface area (Å²) in [4.78, 5) is 13.3. The lowest BCUT2D eigenvalue weighted by molar-refractivity contribution is -0.134. The summed E-state index contributed by atoms with van der Waals surface area (Å²) in [5.41, 5.74) is 5.39. The van der Waals surface area contributed by atoms with E-state index in [2.05, 4.69) is 0 Å². The van der Waals surface area contributed by atoms with E-state index >= 15 is 0 Å². The molecule has 0 radical (unpaired) electrons. The summed E-state index contributed by atoms with van der Waals surface area (Å²) >= 11 is 0. The average Bonchev–Trinajstić information content (AvgIpc) is 2.17. The third-order valence-electron chi connectivity index (χ3n) is 2.17. The number of nitrogens with zero attached hydrogens (tertiary/aromatic N) is 1. The highest BCUT2D eigenvalue weighted by atomic mass is 16.5. The number of likely N-dealkylation sites (N-methyl/N-ethyl adjacent to an activating group) is 1. The fourth-order valence-corrected chi connectivity index (χ4v) is 1.21. The first-order valence-corrected chi connectivity index (χ1v) is 5.16. The molecule has 0 saturated heterocycles. The van der Waals surface area contributed by atoms with Crippen LogP contribution in [0.4, 0.5) is 0 Å². The van der Waals surface area contributed by atoms with Gasteiger partial charge in [-0.25, -0.2) is 0 Å². The van der Waals surface area contributed by atoms with Gasteiger partial charge in [-0.05, 0) is 19.9 Å². The highest BCUT2D eigenvalue weighted by Crippen LogP contribution is 2.04. The quantitative estimate of drug-likeness (QED) is 0.610. The number of carbonyl (C=O) groups is 1. The van der Waals surface area contributed by atoms with Crippen molar-refractivity contribution >= 4 is 5.91 Å². The van der Waals surface area contributed by atoms with Gasteiger partial charge in [0.15, 0.2) is 0 Å². The molecule has 0 aliphatic heterocycles. The third kappa shape index (κ3) is 5.19. The van der Waals surface area contributed by atoms with Crippen molar-refractivity contribution in [2.45, 2.75) is 20.3 Å². The summed E-state index contributed by atoms with van der Waals surface area (Å²) in [7, 11) is 1.80. The Hall–Kier alpha value is -0.610. The zero-order chi connectivity index (χ0) is 11.0. The van der Waals surface area contributed by atoms with E-state index in [9.17, 15) is 4.79 Å². The van der Waals surface area contributed by atoms with Gasteiger partial charge < -0.3 is 15.4 Å². The maximum Gasteiger partial charge on any atom is 0.225 e. The molecule has 0 aromatic rings. The van der Waals surface area contributed by atoms with Gasteiger partial charge in [0.05, 0.1) is 6.61 Å². The topological polar surface area (TPSA) is 55.6 Å². The van der Waals surface area contributed by atoms with Crippen LogP contribution in [0.2, 0.25) is 0 Å². The van der Waals surface area contributed by atoms with Gasteiger partial charge in [-0.3, -0.25) is 4.79 Å². The lowest BCUT2D eigenvalue weighted by Gasteiger charge is -2.20. The minimum Gasteiger partial charge on any atom is -0.380 e. The Balaban J connectivity index is 3.74. The van der Waals surface area contributed by atoms with Gasteiger partial charge in [0.1, 0.15) is 0 Å². The van der Waals surface area contributed by atoms with Crippen LogP contribution < -0.4 is 5.73 Å². The van der Waals surface area contributed by atoms with Crippen molar-refractivity contribution in [3.63, 3.8) is 0 Å². The fraction of sp³-hybridized carbons (Fsp3) is 0.900. The SMILES string of the molecule is CCOCCN(C)C(=O)C(C)CCN. The molecular weight excluding hydrogens is 180 g/mol. The summed E-state index contributed by atoms with van der Waals surface area (Å²) < 4.78 is 5.18. The average molecular weight is 202 g/mol. The molecule has 1 amide bonds. The van der Waals surface area contributed by atoms with Crippen LogP contribution in [0.25, 0.3) is 0 Å². The molecule has 0 spiro atoms. The van der Waals surface area contributed by atoms with E-state index in [4.69, 9.17) is 10.5 Å². The Morgan fingerprint density at radius 2 is 2.21 bits per heavy atom. The molecule has 0 aromatic heterocycles. The molecule has 1 unspecified atom stereocenters. The Kier molecular flexibility index (Phi) is 7.42. The van der Waals surface area contributed by atoms with E-state index in [0.29, 0.717) is 26.3 Å². The Morgan fingerprint density at radius 3 is 2.71 bits per heavy atom. The maximum atomic E-state index is 11.6. The summed E-state index contributed by atoms with van der Waals surface area (Å²) in [5, 5.41) is 0. The van der Waals surface area contributed by atoms with E-state index in [1.165, 1.54) is 0 Å². The van der Waals surface area contributed by atoms with Crippen LogP contribution in [0.3, 0.4) is 0 Å². The Labute approximate surface area is 86.4 Å². The van der Waals surface area contributed by atoms with Gasteiger partial charge in [0, 0.05) is 26.1 Å². The highest BCUT2D eigenvalue weighted by molar-refractivity contribution is 5.78. The number of amides is 1. The molecule has 0 saturated carbocycles. The molecule has 4 heteroatoms. The highest BCUT2D eigenvalue weighted by Gasteiger charge is 2.15. The number of nitrogens with two attached hydrogens (primary N) is 1. The monoisotopic (exact) mass is 202 g/mol. The molecule has 84 valence electrons. The third-order valence-corrected chi connectivity index (χ3v) is 2.17. The zero-order valence-corrected chi connectivity index (χ0v) is 9.45. The normalized spacial score (nSPS) is 12.6. The van der Waals surface area contributed by atoms with Gasteiger partial charge >= 0.3 is 0 Å². The molecule has 0 aromatic carbocycles. The van der Waals surface area contributed by atoms with Crippen LogP contribution in [0.5, 0.6) is 0 Å². The summed E-state index contributed by atoms with van der Waals surface area (Å²) in [6, 6.07) is 0. The van der Waals surface area contributed by atoms with E-state index in [1.807, 2.05) is 13.8 Å². The molecule has 1 atom stereocenters. The molecule has 0 heterocycles. The Morgan fingerprint density at radius 1 is 1.57 bits per heavy atom. The van der Waals surface area contributed by atoms with Crippen LogP contribution in [0.1, 0.15) is 20.3 Å². The number of hydrogen-bond acceptors (Lipinski definition) is 3. The van der Waals surface area contributed by atoms with Crippen molar-refractivity contribution in [2.75, 3.05) is 33.4 Å². The summed E-state index contributed by atoms with van der Waals surface area (Å²) in [5.74, 6) is 0.168. The van der Waals surface area contributed by atoms with Crippen molar-refractivity contribution in [3.05, 3.63) is 0 Å². The Bertz CT molecular complexity index is 162. The largest absolute Gasteiger partial charge is 0.380 e. The molecule has 4 nitrogen and oxygen atoms in total. The van der Waals surface area contributed by atoms with E-state index in [1.54, 1.807) is 11.9 Å². The van der Waals surface area contributed by atoms with E-state index in [0.717, 1.165) is 6.42 Å². The van der Waals surface area contributed by atoms with Crippen LogP contribution in [0, 0.1) is 5.92 Å². The minimum absolute atomic E-state index is 0.0200. The second-order valence-corrected chi connectivity index (χ2v) is 3.44. The number of ether oxygens (including phenoxy) is 1. The lowest BCUT2D eigenvalue weighted by Crippen LogP contribution is -2.35. The van der Waals surface area contributed by atoms with Gasteiger partial charge in [-0.15, -0.1) is 0 Å². The molecule has 0 rings (SSSR count). The predicted molar refractivity (Wildman–Crippen MR) is 57.0 cm³/mol. The van der Waals surface area contributed by atoms with Crippen molar-refractivity contribution in [1.29, 1.82) is 0 Å².